The van der Waals surface area contributed by atoms with E-state index in [2.05, 4.69) is 16.7 Å². The molecule has 1 saturated heterocycles. The van der Waals surface area contributed by atoms with Gasteiger partial charge in [-0.2, -0.15) is 0 Å². The van der Waals surface area contributed by atoms with Crippen molar-refractivity contribution >= 4 is 5.97 Å². The zero-order chi connectivity index (χ0) is 10.8. The van der Waals surface area contributed by atoms with Crippen molar-refractivity contribution in [3.8, 4) is 0 Å². The lowest BCUT2D eigenvalue weighted by Gasteiger charge is -2.37. The van der Waals surface area contributed by atoms with Gasteiger partial charge in [0.1, 0.15) is 12.1 Å². The normalized spacial score (nSPS) is 29.1. The van der Waals surface area contributed by atoms with Crippen LogP contribution >= 0.6 is 0 Å². The summed E-state index contributed by atoms with van der Waals surface area (Å²) in [5.74, 6) is -0.0295. The number of ether oxygens (including phenoxy) is 1. The molecule has 0 spiro atoms. The molecule has 2 fully saturated rings. The number of nitrogens with zero attached hydrogens (tertiary/aromatic N) is 2. The van der Waals surface area contributed by atoms with Gasteiger partial charge in [-0.15, -0.1) is 0 Å². The SMILES string of the molecule is CCN1CCN(C)C(C(=O)OC2CC2)C1. The predicted octanol–water partition coefficient (Wildman–Crippen LogP) is 0.328. The van der Waals surface area contributed by atoms with Gasteiger partial charge in [0, 0.05) is 19.6 Å². The average molecular weight is 212 g/mol. The molecule has 15 heavy (non-hydrogen) atoms. The van der Waals surface area contributed by atoms with E-state index in [4.69, 9.17) is 4.74 Å². The van der Waals surface area contributed by atoms with Gasteiger partial charge in [0.2, 0.25) is 0 Å². The quantitative estimate of drug-likeness (QED) is 0.631. The van der Waals surface area contributed by atoms with Crippen LogP contribution in [0.1, 0.15) is 19.8 Å². The minimum absolute atomic E-state index is 0.0295. The molecule has 0 bridgehead atoms. The molecule has 4 heteroatoms. The smallest absolute Gasteiger partial charge is 0.324 e. The molecular weight excluding hydrogens is 192 g/mol. The summed E-state index contributed by atoms with van der Waals surface area (Å²) in [6, 6.07) is -0.0562. The molecule has 1 aliphatic carbocycles. The lowest BCUT2D eigenvalue weighted by Crippen LogP contribution is -2.55. The van der Waals surface area contributed by atoms with Crippen LogP contribution in [-0.4, -0.2) is 61.1 Å². The Kier molecular flexibility index (Phi) is 3.26. The molecule has 0 amide bonds. The van der Waals surface area contributed by atoms with E-state index in [1.165, 1.54) is 0 Å². The highest BCUT2D eigenvalue weighted by molar-refractivity contribution is 5.76. The van der Waals surface area contributed by atoms with Crippen molar-refractivity contribution in [1.82, 2.24) is 9.80 Å². The van der Waals surface area contributed by atoms with Crippen LogP contribution in [0, 0.1) is 0 Å². The first-order chi connectivity index (χ1) is 7.20. The lowest BCUT2D eigenvalue weighted by atomic mass is 10.2. The molecule has 1 atom stereocenters. The molecular formula is C11H20N2O2. The molecule has 0 aromatic heterocycles. The lowest BCUT2D eigenvalue weighted by molar-refractivity contribution is -0.153. The van der Waals surface area contributed by atoms with Gasteiger partial charge >= 0.3 is 5.97 Å². The monoisotopic (exact) mass is 212 g/mol. The number of carbonyl (C=O) groups excluding carboxylic acids is 1. The Morgan fingerprint density at radius 3 is 2.73 bits per heavy atom. The van der Waals surface area contributed by atoms with Crippen LogP contribution in [0.3, 0.4) is 0 Å². The molecule has 2 aliphatic rings. The number of carbonyl (C=O) groups is 1. The van der Waals surface area contributed by atoms with Gasteiger partial charge in [-0.1, -0.05) is 6.92 Å². The van der Waals surface area contributed by atoms with E-state index >= 15 is 0 Å². The summed E-state index contributed by atoms with van der Waals surface area (Å²) in [5, 5.41) is 0. The van der Waals surface area contributed by atoms with E-state index in [0.717, 1.165) is 39.0 Å². The molecule has 1 saturated carbocycles. The zero-order valence-corrected chi connectivity index (χ0v) is 9.61. The largest absolute Gasteiger partial charge is 0.461 e. The van der Waals surface area contributed by atoms with E-state index in [0.29, 0.717) is 0 Å². The number of likely N-dealkylation sites (N-methyl/N-ethyl adjacent to an activating group) is 2. The summed E-state index contributed by atoms with van der Waals surface area (Å²) in [6.07, 6.45) is 2.34. The third kappa shape index (κ3) is 2.69. The molecule has 0 aromatic rings. The fraction of sp³-hybridized carbons (Fsp3) is 0.909. The van der Waals surface area contributed by atoms with Crippen LogP contribution in [0.15, 0.2) is 0 Å². The number of hydrogen-bond acceptors (Lipinski definition) is 4. The van der Waals surface area contributed by atoms with Gasteiger partial charge in [-0.05, 0) is 26.4 Å². The Labute approximate surface area is 91.2 Å². The molecule has 2 rings (SSSR count). The number of rotatable bonds is 3. The number of hydrogen-bond donors (Lipinski definition) is 0. The summed E-state index contributed by atoms with van der Waals surface area (Å²) < 4.78 is 5.36. The Morgan fingerprint density at radius 2 is 2.13 bits per heavy atom. The minimum Gasteiger partial charge on any atom is -0.461 e. The standard InChI is InChI=1S/C11H20N2O2/c1-3-13-7-6-12(2)10(8-13)11(14)15-9-4-5-9/h9-10H,3-8H2,1-2H3. The number of piperazine rings is 1. The van der Waals surface area contributed by atoms with Crippen LogP contribution in [0.25, 0.3) is 0 Å². The van der Waals surface area contributed by atoms with Crippen LogP contribution in [0.2, 0.25) is 0 Å². The fourth-order valence-corrected chi connectivity index (χ4v) is 1.90. The maximum absolute atomic E-state index is 11.8. The third-order valence-electron chi connectivity index (χ3n) is 3.26. The summed E-state index contributed by atoms with van der Waals surface area (Å²) in [5.41, 5.74) is 0. The van der Waals surface area contributed by atoms with Crippen LogP contribution in [0.5, 0.6) is 0 Å². The van der Waals surface area contributed by atoms with Gasteiger partial charge in [-0.3, -0.25) is 9.69 Å². The van der Waals surface area contributed by atoms with Crippen molar-refractivity contribution in [1.29, 1.82) is 0 Å². The van der Waals surface area contributed by atoms with Crippen LogP contribution in [0.4, 0.5) is 0 Å². The van der Waals surface area contributed by atoms with Gasteiger partial charge in [0.15, 0.2) is 0 Å². The fourth-order valence-electron chi connectivity index (χ4n) is 1.90. The Balaban J connectivity index is 1.88. The van der Waals surface area contributed by atoms with Crippen molar-refractivity contribution in [2.24, 2.45) is 0 Å². The van der Waals surface area contributed by atoms with Gasteiger partial charge in [0.05, 0.1) is 0 Å². The first kappa shape index (κ1) is 10.9. The molecule has 86 valence electrons. The molecule has 1 aliphatic heterocycles. The summed E-state index contributed by atoms with van der Waals surface area (Å²) in [6.45, 7) is 5.98. The van der Waals surface area contributed by atoms with Gasteiger partial charge < -0.3 is 9.64 Å². The minimum atomic E-state index is -0.0562. The van der Waals surface area contributed by atoms with Crippen molar-refractivity contribution in [2.75, 3.05) is 33.2 Å². The van der Waals surface area contributed by atoms with E-state index in [-0.39, 0.29) is 18.1 Å². The second-order valence-corrected chi connectivity index (χ2v) is 4.53. The van der Waals surface area contributed by atoms with E-state index in [9.17, 15) is 4.79 Å². The first-order valence-electron chi connectivity index (χ1n) is 5.83. The Bertz CT molecular complexity index is 241. The maximum Gasteiger partial charge on any atom is 0.324 e. The highest BCUT2D eigenvalue weighted by Gasteiger charge is 2.34. The average Bonchev–Trinajstić information content (AvgIpc) is 3.02. The van der Waals surface area contributed by atoms with Crippen LogP contribution in [-0.2, 0) is 9.53 Å². The molecule has 0 N–H and O–H groups in total. The summed E-state index contributed by atoms with van der Waals surface area (Å²) in [7, 11) is 2.01. The Hall–Kier alpha value is -0.610. The van der Waals surface area contributed by atoms with Crippen LogP contribution < -0.4 is 0 Å². The third-order valence-corrected chi connectivity index (χ3v) is 3.26. The Morgan fingerprint density at radius 1 is 1.40 bits per heavy atom. The van der Waals surface area contributed by atoms with Gasteiger partial charge in [-0.25, -0.2) is 0 Å². The second kappa shape index (κ2) is 4.49. The van der Waals surface area contributed by atoms with E-state index in [1.807, 2.05) is 7.05 Å². The topological polar surface area (TPSA) is 32.8 Å². The highest BCUT2D eigenvalue weighted by Crippen LogP contribution is 2.24. The van der Waals surface area contributed by atoms with Crippen molar-refractivity contribution in [2.45, 2.75) is 31.9 Å². The molecule has 4 nitrogen and oxygen atoms in total. The van der Waals surface area contributed by atoms with Crippen molar-refractivity contribution < 1.29 is 9.53 Å². The molecule has 1 unspecified atom stereocenters. The summed E-state index contributed by atoms with van der Waals surface area (Å²) in [4.78, 5) is 16.2. The second-order valence-electron chi connectivity index (χ2n) is 4.53. The van der Waals surface area contributed by atoms with Crippen molar-refractivity contribution in [3.05, 3.63) is 0 Å². The van der Waals surface area contributed by atoms with Gasteiger partial charge in [0.25, 0.3) is 0 Å². The zero-order valence-electron chi connectivity index (χ0n) is 9.61. The molecule has 0 radical (unpaired) electrons. The van der Waals surface area contributed by atoms with Crippen molar-refractivity contribution in [3.63, 3.8) is 0 Å². The highest BCUT2D eigenvalue weighted by atomic mass is 16.5. The van der Waals surface area contributed by atoms with E-state index < -0.39 is 0 Å². The number of esters is 1. The first-order valence-corrected chi connectivity index (χ1v) is 5.83. The molecule has 0 aromatic carbocycles. The summed E-state index contributed by atoms with van der Waals surface area (Å²) >= 11 is 0. The predicted molar refractivity (Wildman–Crippen MR) is 57.6 cm³/mol. The maximum atomic E-state index is 11.8. The molecule has 1 heterocycles. The van der Waals surface area contributed by atoms with E-state index in [1.54, 1.807) is 0 Å².